The Hall–Kier alpha value is -1.94. The molecule has 2 heterocycles. The molecule has 4 fully saturated rings. The predicted octanol–water partition coefficient (Wildman–Crippen LogP) is 4.22. The third kappa shape index (κ3) is 4.25. The molecule has 5 aliphatic rings. The molecule has 0 radical (unpaired) electrons. The third-order valence-electron chi connectivity index (χ3n) is 10.8. The number of ether oxygens (including phenoxy) is 2. The van der Waals surface area contributed by atoms with E-state index >= 15 is 0 Å². The minimum Gasteiger partial charge on any atom is -0.497 e. The number of benzene rings is 1. The summed E-state index contributed by atoms with van der Waals surface area (Å²) < 4.78 is 11.6. The molecule has 9 heteroatoms. The van der Waals surface area contributed by atoms with Crippen LogP contribution in [0.2, 0.25) is 25.7 Å². The molecular formula is C31H47N3O5Si. The van der Waals surface area contributed by atoms with E-state index < -0.39 is 24.6 Å². The monoisotopic (exact) mass is 569 g/mol. The van der Waals surface area contributed by atoms with Crippen LogP contribution in [0.5, 0.6) is 5.75 Å². The van der Waals surface area contributed by atoms with E-state index in [1.807, 2.05) is 13.0 Å². The van der Waals surface area contributed by atoms with Gasteiger partial charge in [-0.15, -0.1) is 0 Å². The molecule has 2 saturated heterocycles. The molecule has 2 bridgehead atoms. The van der Waals surface area contributed by atoms with E-state index in [0.717, 1.165) is 49.2 Å². The highest BCUT2D eigenvalue weighted by Gasteiger charge is 2.71. The Morgan fingerprint density at radius 3 is 2.58 bits per heavy atom. The molecule has 3 amide bonds. The topological polar surface area (TPSA) is 82.5 Å². The molecule has 2 aliphatic heterocycles. The number of rotatable bonds is 9. The van der Waals surface area contributed by atoms with Gasteiger partial charge in [-0.3, -0.25) is 9.69 Å². The first-order chi connectivity index (χ1) is 19.0. The number of carbonyl (C=O) groups excluding carboxylic acids is 2. The van der Waals surface area contributed by atoms with Gasteiger partial charge in [-0.05, 0) is 93.6 Å². The molecule has 6 rings (SSSR count). The Labute approximate surface area is 240 Å². The maximum absolute atomic E-state index is 14.3. The van der Waals surface area contributed by atoms with Gasteiger partial charge in [-0.1, -0.05) is 25.7 Å². The van der Waals surface area contributed by atoms with Crippen molar-refractivity contribution in [3.05, 3.63) is 29.3 Å². The number of piperidine rings is 1. The molecule has 3 aliphatic carbocycles. The highest BCUT2D eigenvalue weighted by molar-refractivity contribution is 6.76. The van der Waals surface area contributed by atoms with Crippen LogP contribution in [-0.4, -0.2) is 97.1 Å². The van der Waals surface area contributed by atoms with Crippen molar-refractivity contribution in [3.8, 4) is 5.75 Å². The van der Waals surface area contributed by atoms with Crippen LogP contribution in [-0.2, 0) is 21.4 Å². The lowest BCUT2D eigenvalue weighted by Crippen LogP contribution is -2.76. The van der Waals surface area contributed by atoms with E-state index in [9.17, 15) is 14.7 Å². The zero-order valence-electron chi connectivity index (χ0n) is 25.0. The SMILES string of the molecule is CCN1C(=O)N(COCC[Si](C)(C)C)C(=O)[C@@]12CC[C@@]1(O)[C@H]3Cc4ccc(OC)cc4[C@@]1(CCN3CC1CC1)C2. The second-order valence-corrected chi connectivity index (χ2v) is 19.9. The maximum atomic E-state index is 14.3. The van der Waals surface area contributed by atoms with Crippen molar-refractivity contribution >= 4 is 20.0 Å². The van der Waals surface area contributed by atoms with Crippen LogP contribution in [0, 0.1) is 5.92 Å². The number of likely N-dealkylation sites (N-methyl/N-ethyl adjacent to an activating group) is 1. The summed E-state index contributed by atoms with van der Waals surface area (Å²) in [6.45, 7) is 11.8. The Balaban J connectivity index is 1.37. The van der Waals surface area contributed by atoms with Gasteiger partial charge in [0.05, 0.1) is 12.7 Å². The number of fused-ring (bicyclic) bond motifs is 1. The van der Waals surface area contributed by atoms with E-state index in [4.69, 9.17) is 9.47 Å². The smallest absolute Gasteiger partial charge is 0.329 e. The normalized spacial score (nSPS) is 33.9. The summed E-state index contributed by atoms with van der Waals surface area (Å²) in [4.78, 5) is 33.7. The first kappa shape index (κ1) is 28.2. The highest BCUT2D eigenvalue weighted by Crippen LogP contribution is 2.62. The Morgan fingerprint density at radius 1 is 1.12 bits per heavy atom. The lowest BCUT2D eigenvalue weighted by molar-refractivity contribution is -0.189. The molecular weight excluding hydrogens is 522 g/mol. The molecule has 2 saturated carbocycles. The number of amides is 3. The van der Waals surface area contributed by atoms with Crippen LogP contribution in [0.3, 0.4) is 0 Å². The summed E-state index contributed by atoms with van der Waals surface area (Å²) >= 11 is 0. The summed E-state index contributed by atoms with van der Waals surface area (Å²) in [6.07, 6.45) is 5.54. The van der Waals surface area contributed by atoms with Crippen LogP contribution < -0.4 is 4.74 Å². The van der Waals surface area contributed by atoms with Gasteiger partial charge < -0.3 is 19.5 Å². The molecule has 0 unspecified atom stereocenters. The van der Waals surface area contributed by atoms with Gasteiger partial charge in [-0.2, -0.15) is 0 Å². The zero-order valence-corrected chi connectivity index (χ0v) is 26.0. The second-order valence-electron chi connectivity index (χ2n) is 14.3. The van der Waals surface area contributed by atoms with Gasteiger partial charge in [0, 0.05) is 39.2 Å². The molecule has 0 aromatic heterocycles. The Morgan fingerprint density at radius 2 is 1.90 bits per heavy atom. The predicted molar refractivity (Wildman–Crippen MR) is 156 cm³/mol. The fourth-order valence-electron chi connectivity index (χ4n) is 8.37. The highest BCUT2D eigenvalue weighted by atomic mass is 28.3. The first-order valence-corrected chi connectivity index (χ1v) is 19.0. The number of methoxy groups -OCH3 is 1. The average Bonchev–Trinajstić information content (AvgIpc) is 3.71. The fourth-order valence-corrected chi connectivity index (χ4v) is 9.12. The van der Waals surface area contributed by atoms with Gasteiger partial charge in [0.1, 0.15) is 18.0 Å². The average molecular weight is 570 g/mol. The van der Waals surface area contributed by atoms with E-state index in [1.54, 1.807) is 12.0 Å². The van der Waals surface area contributed by atoms with Crippen molar-refractivity contribution in [2.24, 2.45) is 5.92 Å². The number of likely N-dealkylation sites (tertiary alicyclic amines) is 1. The van der Waals surface area contributed by atoms with E-state index in [2.05, 4.69) is 36.7 Å². The minimum atomic E-state index is -1.29. The molecule has 1 N–H and O–H groups in total. The van der Waals surface area contributed by atoms with Crippen molar-refractivity contribution in [2.45, 2.75) is 100 Å². The fraction of sp³-hybridized carbons (Fsp3) is 0.742. The molecule has 1 aromatic carbocycles. The van der Waals surface area contributed by atoms with Crippen molar-refractivity contribution in [1.82, 2.24) is 14.7 Å². The number of carbonyl (C=O) groups is 2. The number of hydrogen-bond acceptors (Lipinski definition) is 6. The van der Waals surface area contributed by atoms with Gasteiger partial charge in [0.2, 0.25) is 0 Å². The number of nitrogens with zero attached hydrogens (tertiary/aromatic N) is 3. The van der Waals surface area contributed by atoms with Crippen molar-refractivity contribution in [3.63, 3.8) is 0 Å². The Bertz CT molecular complexity index is 1180. The quantitative estimate of drug-likeness (QED) is 0.272. The van der Waals surface area contributed by atoms with Crippen LogP contribution in [0.25, 0.3) is 0 Å². The molecule has 8 nitrogen and oxygen atoms in total. The van der Waals surface area contributed by atoms with Crippen LogP contribution in [0.1, 0.15) is 56.6 Å². The van der Waals surface area contributed by atoms with Crippen LogP contribution in [0.15, 0.2) is 18.2 Å². The summed E-state index contributed by atoms with van der Waals surface area (Å²) in [5.41, 5.74) is -0.220. The molecule has 4 atom stereocenters. The molecule has 220 valence electrons. The standard InChI is InChI=1S/C31H47N3O5Si/c1-6-34-28(36)33(21-39-15-16-40(3,4)5)27(35)30(34)11-12-31(37)26-17-23-9-10-24(38-2)18-25(23)29(31,20-30)13-14-32(26)19-22-7-8-22/h9-10,18,22,26,37H,6-8,11-17,19-21H2,1-5H3/t26-,29-,30+,31-/m1/s1. The van der Waals surface area contributed by atoms with Crippen LogP contribution in [0.4, 0.5) is 4.79 Å². The minimum absolute atomic E-state index is 0.000133. The Kier molecular flexibility index (Phi) is 6.92. The molecule has 1 aromatic rings. The van der Waals surface area contributed by atoms with E-state index in [0.29, 0.717) is 32.4 Å². The van der Waals surface area contributed by atoms with Crippen LogP contribution >= 0.6 is 0 Å². The van der Waals surface area contributed by atoms with Crippen molar-refractivity contribution in [1.29, 1.82) is 0 Å². The summed E-state index contributed by atoms with van der Waals surface area (Å²) in [5.74, 6) is 1.35. The van der Waals surface area contributed by atoms with E-state index in [1.165, 1.54) is 23.3 Å². The van der Waals surface area contributed by atoms with Gasteiger partial charge in [-0.25, -0.2) is 9.69 Å². The second kappa shape index (κ2) is 9.82. The number of aliphatic hydroxyl groups is 1. The molecule has 1 spiro atoms. The third-order valence-corrected chi connectivity index (χ3v) is 12.5. The largest absolute Gasteiger partial charge is 0.497 e. The number of hydrogen-bond donors (Lipinski definition) is 1. The van der Waals surface area contributed by atoms with Gasteiger partial charge in [0.25, 0.3) is 5.91 Å². The molecule has 40 heavy (non-hydrogen) atoms. The summed E-state index contributed by atoms with van der Waals surface area (Å²) in [6, 6.07) is 7.01. The van der Waals surface area contributed by atoms with Gasteiger partial charge >= 0.3 is 6.03 Å². The zero-order chi connectivity index (χ0) is 28.5. The van der Waals surface area contributed by atoms with E-state index in [-0.39, 0.29) is 24.7 Å². The maximum Gasteiger partial charge on any atom is 0.329 e. The lowest BCUT2D eigenvalue weighted by atomic mass is 9.46. The van der Waals surface area contributed by atoms with Crippen molar-refractivity contribution in [2.75, 3.05) is 40.1 Å². The van der Waals surface area contributed by atoms with Gasteiger partial charge in [0.15, 0.2) is 0 Å². The number of imide groups is 1. The first-order valence-electron chi connectivity index (χ1n) is 15.3. The van der Waals surface area contributed by atoms with Crippen molar-refractivity contribution < 1.29 is 24.2 Å². The lowest BCUT2D eigenvalue weighted by Gasteiger charge is -2.66. The summed E-state index contributed by atoms with van der Waals surface area (Å²) in [7, 11) is 0.387. The number of urea groups is 1. The summed E-state index contributed by atoms with van der Waals surface area (Å²) in [5, 5.41) is 12.8.